The van der Waals surface area contributed by atoms with Crippen LogP contribution in [0, 0.1) is 6.92 Å². The van der Waals surface area contributed by atoms with Crippen LogP contribution < -0.4 is 0 Å². The van der Waals surface area contributed by atoms with Crippen LogP contribution in [-0.4, -0.2) is 5.78 Å². The van der Waals surface area contributed by atoms with Gasteiger partial charge in [-0.1, -0.05) is 0 Å². The molecule has 0 saturated heterocycles. The molecule has 0 rings (SSSR count). The van der Waals surface area contributed by atoms with Crippen LogP contribution >= 0.6 is 0 Å². The van der Waals surface area contributed by atoms with Gasteiger partial charge >= 0.3 is 0 Å². The van der Waals surface area contributed by atoms with E-state index in [1.54, 1.807) is 0 Å². The fraction of sp³-hybridized carbons (Fsp3) is 0.333. The zero-order valence-electron chi connectivity index (χ0n) is 2.93. The van der Waals surface area contributed by atoms with Crippen LogP contribution in [0.15, 0.2) is 0 Å². The summed E-state index contributed by atoms with van der Waals surface area (Å²) in [6.07, 6.45) is 0. The van der Waals surface area contributed by atoms with E-state index in [9.17, 15) is 4.79 Å². The molecule has 1 nitrogen and oxygen atoms in total. The SMILES string of the molecule is [CH2]C(C)=O.[Ni]. The third-order valence-electron chi connectivity index (χ3n) is 0. The molecule has 0 N–H and O–H groups in total. The smallest absolute Gasteiger partial charge is 0.130 e. The predicted molar refractivity (Wildman–Crippen MR) is 16.0 cm³/mol. The van der Waals surface area contributed by atoms with Crippen molar-refractivity contribution in [2.45, 2.75) is 6.92 Å². The van der Waals surface area contributed by atoms with Gasteiger partial charge in [0.05, 0.1) is 0 Å². The fourth-order valence-electron chi connectivity index (χ4n) is 0. The molecule has 2 heteroatoms. The van der Waals surface area contributed by atoms with Crippen LogP contribution in [0.25, 0.3) is 0 Å². The van der Waals surface area contributed by atoms with Gasteiger partial charge in [-0.15, -0.1) is 0 Å². The summed E-state index contributed by atoms with van der Waals surface area (Å²) < 4.78 is 0. The molecule has 1 radical (unpaired) electrons. The van der Waals surface area contributed by atoms with E-state index >= 15 is 0 Å². The number of rotatable bonds is 0. The van der Waals surface area contributed by atoms with Gasteiger partial charge in [0.2, 0.25) is 0 Å². The summed E-state index contributed by atoms with van der Waals surface area (Å²) in [5, 5.41) is 0. The molecule has 0 aliphatic carbocycles. The van der Waals surface area contributed by atoms with Crippen LogP contribution in [0.4, 0.5) is 0 Å². The van der Waals surface area contributed by atoms with Gasteiger partial charge in [-0.05, 0) is 6.92 Å². The topological polar surface area (TPSA) is 17.1 Å². The van der Waals surface area contributed by atoms with E-state index in [0.29, 0.717) is 0 Å². The van der Waals surface area contributed by atoms with E-state index in [1.165, 1.54) is 6.92 Å². The summed E-state index contributed by atoms with van der Waals surface area (Å²) >= 11 is 0. The summed E-state index contributed by atoms with van der Waals surface area (Å²) in [4.78, 5) is 9.33. The normalized spacial score (nSPS) is 5.20. The number of ketones is 1. The van der Waals surface area contributed by atoms with Crippen molar-refractivity contribution in [3.05, 3.63) is 6.92 Å². The Balaban J connectivity index is 0. The molecule has 0 fully saturated rings. The molecule has 0 saturated carbocycles. The summed E-state index contributed by atoms with van der Waals surface area (Å²) in [5.74, 6) is -0.0833. The molecule has 0 aliphatic rings. The third kappa shape index (κ3) is 729. The number of carbonyl (C=O) groups is 1. The maximum atomic E-state index is 9.33. The Morgan fingerprint density at radius 2 is 1.80 bits per heavy atom. The average molecular weight is 116 g/mol. The second kappa shape index (κ2) is 4.16. The first-order valence-corrected chi connectivity index (χ1v) is 1.06. The minimum absolute atomic E-state index is 0. The average Bonchev–Trinajstić information content (AvgIpc) is 0.811. The van der Waals surface area contributed by atoms with E-state index < -0.39 is 0 Å². The molecule has 0 unspecified atom stereocenters. The van der Waals surface area contributed by atoms with Gasteiger partial charge in [-0.25, -0.2) is 0 Å². The second-order valence-electron chi connectivity index (χ2n) is 0.702. The van der Waals surface area contributed by atoms with E-state index in [2.05, 4.69) is 6.92 Å². The van der Waals surface area contributed by atoms with Crippen molar-refractivity contribution < 1.29 is 21.3 Å². The zero-order chi connectivity index (χ0) is 3.58. The van der Waals surface area contributed by atoms with Crippen LogP contribution in [0.3, 0.4) is 0 Å². The molecular formula is C3H5NiO. The van der Waals surface area contributed by atoms with Gasteiger partial charge in [0.25, 0.3) is 0 Å². The molecule has 0 atom stereocenters. The second-order valence-corrected chi connectivity index (χ2v) is 0.702. The summed E-state index contributed by atoms with van der Waals surface area (Å²) in [6.45, 7) is 4.42. The standard InChI is InChI=1S/C3H5O.Ni/c1-3(2)4;/h1H2,2H3;. The number of hydrogen-bond acceptors (Lipinski definition) is 1. The molecule has 0 aromatic heterocycles. The summed E-state index contributed by atoms with van der Waals surface area (Å²) in [5.41, 5.74) is 0. The molecule has 0 aliphatic heterocycles. The Hall–Kier alpha value is 0.164. The number of hydrogen-bond donors (Lipinski definition) is 0. The van der Waals surface area contributed by atoms with Gasteiger partial charge in [0.1, 0.15) is 5.78 Å². The fourth-order valence-corrected chi connectivity index (χ4v) is 0. The van der Waals surface area contributed by atoms with E-state index in [0.717, 1.165) is 0 Å². The van der Waals surface area contributed by atoms with E-state index in [-0.39, 0.29) is 22.3 Å². The molecule has 0 spiro atoms. The van der Waals surface area contributed by atoms with Crippen LogP contribution in [0.5, 0.6) is 0 Å². The number of Topliss-reactive ketones (excluding diaryl/α,β-unsaturated/α-hetero) is 1. The first kappa shape index (κ1) is 8.94. The van der Waals surface area contributed by atoms with Gasteiger partial charge in [-0.2, -0.15) is 0 Å². The first-order valence-electron chi connectivity index (χ1n) is 1.06. The van der Waals surface area contributed by atoms with E-state index in [4.69, 9.17) is 0 Å². The summed E-state index contributed by atoms with van der Waals surface area (Å²) in [6, 6.07) is 0. The van der Waals surface area contributed by atoms with Crippen molar-refractivity contribution in [3.8, 4) is 0 Å². The zero-order valence-corrected chi connectivity index (χ0v) is 3.92. The molecular weight excluding hydrogens is 111 g/mol. The molecule has 0 heterocycles. The largest absolute Gasteiger partial charge is 0.300 e. The van der Waals surface area contributed by atoms with Crippen molar-refractivity contribution >= 4 is 5.78 Å². The van der Waals surface area contributed by atoms with Crippen LogP contribution in [0.1, 0.15) is 6.92 Å². The summed E-state index contributed by atoms with van der Waals surface area (Å²) in [7, 11) is 0. The Bertz CT molecular complexity index is 29.9. The first-order chi connectivity index (χ1) is 1.73. The predicted octanol–water partition coefficient (Wildman–Crippen LogP) is 0.407. The van der Waals surface area contributed by atoms with Gasteiger partial charge in [0.15, 0.2) is 0 Å². The number of carbonyl (C=O) groups excluding carboxylic acids is 1. The van der Waals surface area contributed by atoms with Gasteiger partial charge in [-0.3, -0.25) is 0 Å². The molecule has 0 aromatic rings. The Morgan fingerprint density at radius 1 is 1.80 bits per heavy atom. The molecule has 33 valence electrons. The third-order valence-corrected chi connectivity index (χ3v) is 0. The molecule has 0 bridgehead atoms. The van der Waals surface area contributed by atoms with Crippen molar-refractivity contribution in [3.63, 3.8) is 0 Å². The van der Waals surface area contributed by atoms with Crippen molar-refractivity contribution in [1.29, 1.82) is 0 Å². The minimum Gasteiger partial charge on any atom is -0.300 e. The maximum absolute atomic E-state index is 9.33. The van der Waals surface area contributed by atoms with Gasteiger partial charge < -0.3 is 4.79 Å². The van der Waals surface area contributed by atoms with Crippen molar-refractivity contribution in [2.24, 2.45) is 0 Å². The molecule has 0 aromatic carbocycles. The Labute approximate surface area is 41.7 Å². The monoisotopic (exact) mass is 115 g/mol. The Morgan fingerprint density at radius 3 is 1.80 bits per heavy atom. The van der Waals surface area contributed by atoms with E-state index in [1.807, 2.05) is 0 Å². The molecule has 5 heavy (non-hydrogen) atoms. The van der Waals surface area contributed by atoms with Crippen LogP contribution in [-0.2, 0) is 21.3 Å². The van der Waals surface area contributed by atoms with Gasteiger partial charge in [0, 0.05) is 23.4 Å². The van der Waals surface area contributed by atoms with Crippen LogP contribution in [0.2, 0.25) is 0 Å². The molecule has 0 amide bonds. The minimum atomic E-state index is -0.0833. The quantitative estimate of drug-likeness (QED) is 0.418. The maximum Gasteiger partial charge on any atom is 0.130 e. The van der Waals surface area contributed by atoms with Crippen molar-refractivity contribution in [1.82, 2.24) is 0 Å². The van der Waals surface area contributed by atoms with Crippen molar-refractivity contribution in [2.75, 3.05) is 0 Å². The Kier molecular flexibility index (Phi) is 7.45.